The maximum Gasteiger partial charge on any atom is 0.258 e. The van der Waals surface area contributed by atoms with Gasteiger partial charge in [0.2, 0.25) is 0 Å². The number of benzene rings is 2. The Bertz CT molecular complexity index is 916. The molecular weight excluding hydrogens is 322 g/mol. The van der Waals surface area contributed by atoms with Crippen molar-refractivity contribution in [2.24, 2.45) is 0 Å². The Morgan fingerprint density at radius 2 is 1.96 bits per heavy atom. The standard InChI is InChI=1S/C19H21NO3S/c1-4-14-6-5-7-15-10-11-20(18(14)15)19(21)16-9-8-13(2)17(12-16)24(3,22)23/h5-9,12H,4,10-11H2,1-3H3. The lowest BCUT2D eigenvalue weighted by Gasteiger charge is -2.20. The largest absolute Gasteiger partial charge is 0.307 e. The average Bonchev–Trinajstić information content (AvgIpc) is 2.97. The second kappa shape index (κ2) is 6.06. The number of nitrogens with zero attached hydrogens (tertiary/aromatic N) is 1. The fourth-order valence-corrected chi connectivity index (χ4v) is 4.31. The average molecular weight is 343 g/mol. The molecule has 24 heavy (non-hydrogen) atoms. The summed E-state index contributed by atoms with van der Waals surface area (Å²) in [5.41, 5.74) is 4.39. The number of fused-ring (bicyclic) bond motifs is 1. The van der Waals surface area contributed by atoms with Crippen LogP contribution in [-0.2, 0) is 22.7 Å². The van der Waals surface area contributed by atoms with Gasteiger partial charge in [-0.2, -0.15) is 0 Å². The van der Waals surface area contributed by atoms with E-state index in [2.05, 4.69) is 13.0 Å². The zero-order valence-corrected chi connectivity index (χ0v) is 15.0. The maximum atomic E-state index is 13.0. The monoisotopic (exact) mass is 343 g/mol. The summed E-state index contributed by atoms with van der Waals surface area (Å²) in [7, 11) is -3.36. The first kappa shape index (κ1) is 16.7. The molecule has 0 aromatic heterocycles. The van der Waals surface area contributed by atoms with Crippen molar-refractivity contribution >= 4 is 21.4 Å². The Labute approximate surface area is 143 Å². The van der Waals surface area contributed by atoms with Gasteiger partial charge in [0, 0.05) is 18.4 Å². The van der Waals surface area contributed by atoms with Gasteiger partial charge < -0.3 is 4.90 Å². The molecule has 1 aliphatic heterocycles. The van der Waals surface area contributed by atoms with Crippen LogP contribution in [0.25, 0.3) is 0 Å². The number of para-hydroxylation sites is 1. The highest BCUT2D eigenvalue weighted by atomic mass is 32.2. The smallest absolute Gasteiger partial charge is 0.258 e. The van der Waals surface area contributed by atoms with Crippen LogP contribution in [-0.4, -0.2) is 27.1 Å². The van der Waals surface area contributed by atoms with Crippen LogP contribution in [0.3, 0.4) is 0 Å². The van der Waals surface area contributed by atoms with E-state index < -0.39 is 9.84 Å². The Kier molecular flexibility index (Phi) is 4.22. The van der Waals surface area contributed by atoms with Crippen LogP contribution >= 0.6 is 0 Å². The number of hydrogen-bond donors (Lipinski definition) is 0. The molecule has 0 spiro atoms. The van der Waals surface area contributed by atoms with Crippen molar-refractivity contribution in [1.82, 2.24) is 0 Å². The predicted molar refractivity (Wildman–Crippen MR) is 95.5 cm³/mol. The fraction of sp³-hybridized carbons (Fsp3) is 0.316. The molecule has 0 fully saturated rings. The molecule has 0 radical (unpaired) electrons. The van der Waals surface area contributed by atoms with Crippen molar-refractivity contribution in [2.75, 3.05) is 17.7 Å². The third kappa shape index (κ3) is 2.84. The van der Waals surface area contributed by atoms with Crippen molar-refractivity contribution in [3.8, 4) is 0 Å². The summed E-state index contributed by atoms with van der Waals surface area (Å²) in [6, 6.07) is 11.0. The molecule has 5 heteroatoms. The summed E-state index contributed by atoms with van der Waals surface area (Å²) in [5.74, 6) is -0.139. The minimum atomic E-state index is -3.36. The first-order valence-electron chi connectivity index (χ1n) is 8.06. The first-order chi connectivity index (χ1) is 11.3. The summed E-state index contributed by atoms with van der Waals surface area (Å²) in [6.45, 7) is 4.45. The topological polar surface area (TPSA) is 54.5 Å². The van der Waals surface area contributed by atoms with Gasteiger partial charge in [-0.1, -0.05) is 31.2 Å². The molecule has 126 valence electrons. The highest BCUT2D eigenvalue weighted by Gasteiger charge is 2.28. The molecule has 1 amide bonds. The van der Waals surface area contributed by atoms with Gasteiger partial charge in [-0.15, -0.1) is 0 Å². The van der Waals surface area contributed by atoms with Gasteiger partial charge in [0.1, 0.15) is 0 Å². The molecule has 2 aromatic carbocycles. The van der Waals surface area contributed by atoms with E-state index in [0.717, 1.165) is 24.1 Å². The zero-order chi connectivity index (χ0) is 17.5. The lowest BCUT2D eigenvalue weighted by molar-refractivity contribution is 0.0989. The van der Waals surface area contributed by atoms with Gasteiger partial charge in [0.25, 0.3) is 5.91 Å². The van der Waals surface area contributed by atoms with E-state index in [1.165, 1.54) is 17.9 Å². The Morgan fingerprint density at radius 1 is 1.21 bits per heavy atom. The summed E-state index contributed by atoms with van der Waals surface area (Å²) in [5, 5.41) is 0. The van der Waals surface area contributed by atoms with E-state index in [0.29, 0.717) is 17.7 Å². The number of carbonyl (C=O) groups excluding carboxylic acids is 1. The summed E-state index contributed by atoms with van der Waals surface area (Å²) in [6.07, 6.45) is 2.86. The molecule has 1 heterocycles. The number of anilines is 1. The van der Waals surface area contributed by atoms with Gasteiger partial charge in [0.15, 0.2) is 9.84 Å². The molecular formula is C19H21NO3S. The van der Waals surface area contributed by atoms with E-state index in [-0.39, 0.29) is 10.8 Å². The van der Waals surface area contributed by atoms with Gasteiger partial charge in [-0.3, -0.25) is 4.79 Å². The van der Waals surface area contributed by atoms with Gasteiger partial charge >= 0.3 is 0 Å². The molecule has 3 rings (SSSR count). The zero-order valence-electron chi connectivity index (χ0n) is 14.2. The maximum absolute atomic E-state index is 13.0. The molecule has 2 aromatic rings. The third-order valence-corrected chi connectivity index (χ3v) is 5.78. The lowest BCUT2D eigenvalue weighted by atomic mass is 10.0. The minimum Gasteiger partial charge on any atom is -0.307 e. The molecule has 0 bridgehead atoms. The molecule has 0 N–H and O–H groups in total. The van der Waals surface area contributed by atoms with Crippen molar-refractivity contribution in [3.63, 3.8) is 0 Å². The third-order valence-electron chi connectivity index (χ3n) is 4.54. The van der Waals surface area contributed by atoms with Crippen LogP contribution in [0.1, 0.15) is 34.0 Å². The Hall–Kier alpha value is -2.14. The lowest BCUT2D eigenvalue weighted by Crippen LogP contribution is -2.29. The van der Waals surface area contributed by atoms with Crippen molar-refractivity contribution in [1.29, 1.82) is 0 Å². The minimum absolute atomic E-state index is 0.139. The van der Waals surface area contributed by atoms with Crippen LogP contribution in [0.4, 0.5) is 5.69 Å². The molecule has 0 saturated carbocycles. The number of amides is 1. The number of rotatable bonds is 3. The van der Waals surface area contributed by atoms with Crippen molar-refractivity contribution in [2.45, 2.75) is 31.6 Å². The fourth-order valence-electron chi connectivity index (χ4n) is 3.31. The Balaban J connectivity index is 2.05. The number of sulfone groups is 1. The molecule has 0 saturated heterocycles. The summed E-state index contributed by atoms with van der Waals surface area (Å²) < 4.78 is 23.8. The molecule has 0 atom stereocenters. The number of aryl methyl sites for hydroxylation is 2. The second-order valence-corrected chi connectivity index (χ2v) is 8.22. The molecule has 0 aliphatic carbocycles. The quantitative estimate of drug-likeness (QED) is 0.860. The first-order valence-corrected chi connectivity index (χ1v) is 9.95. The van der Waals surface area contributed by atoms with Gasteiger partial charge in [-0.05, 0) is 48.6 Å². The van der Waals surface area contributed by atoms with Crippen LogP contribution in [0, 0.1) is 6.92 Å². The summed E-state index contributed by atoms with van der Waals surface area (Å²) in [4.78, 5) is 15.0. The van der Waals surface area contributed by atoms with Crippen LogP contribution < -0.4 is 4.90 Å². The van der Waals surface area contributed by atoms with E-state index >= 15 is 0 Å². The van der Waals surface area contributed by atoms with Crippen LogP contribution in [0.15, 0.2) is 41.3 Å². The molecule has 0 unspecified atom stereocenters. The second-order valence-electron chi connectivity index (χ2n) is 6.24. The molecule has 1 aliphatic rings. The van der Waals surface area contributed by atoms with E-state index in [4.69, 9.17) is 0 Å². The highest BCUT2D eigenvalue weighted by Crippen LogP contribution is 2.33. The normalized spacial score (nSPS) is 13.9. The van der Waals surface area contributed by atoms with E-state index in [1.807, 2.05) is 12.1 Å². The van der Waals surface area contributed by atoms with E-state index in [1.54, 1.807) is 24.0 Å². The number of carbonyl (C=O) groups is 1. The highest BCUT2D eigenvalue weighted by molar-refractivity contribution is 7.90. The van der Waals surface area contributed by atoms with Crippen LogP contribution in [0.2, 0.25) is 0 Å². The summed E-state index contributed by atoms with van der Waals surface area (Å²) >= 11 is 0. The SMILES string of the molecule is CCc1cccc2c1N(C(=O)c1ccc(C)c(S(C)(=O)=O)c1)CC2. The van der Waals surface area contributed by atoms with Crippen molar-refractivity contribution in [3.05, 3.63) is 58.7 Å². The number of hydrogen-bond acceptors (Lipinski definition) is 3. The van der Waals surface area contributed by atoms with Crippen molar-refractivity contribution < 1.29 is 13.2 Å². The van der Waals surface area contributed by atoms with Gasteiger partial charge in [0.05, 0.1) is 10.6 Å². The Morgan fingerprint density at radius 3 is 2.62 bits per heavy atom. The van der Waals surface area contributed by atoms with Gasteiger partial charge in [-0.25, -0.2) is 8.42 Å². The van der Waals surface area contributed by atoms with E-state index in [9.17, 15) is 13.2 Å². The van der Waals surface area contributed by atoms with Crippen LogP contribution in [0.5, 0.6) is 0 Å². The molecule has 4 nitrogen and oxygen atoms in total. The predicted octanol–water partition coefficient (Wildman–Crippen LogP) is 3.16.